The molecule has 0 saturated carbocycles. The molecule has 0 fully saturated rings. The summed E-state index contributed by atoms with van der Waals surface area (Å²) >= 11 is 0. The minimum Gasteiger partial charge on any atom is -0.293 e. The summed E-state index contributed by atoms with van der Waals surface area (Å²) in [5.74, 6) is 5.13. The maximum absolute atomic E-state index is 11.7. The molecule has 0 rings (SSSR count). The number of nitrogens with zero attached hydrogens (tertiary/aromatic N) is 1. The summed E-state index contributed by atoms with van der Waals surface area (Å²) in [6, 6.07) is 0.186. The maximum atomic E-state index is 11.7. The number of hydrogen-bond donors (Lipinski definition) is 2. The average molecular weight is 229 g/mol. The molecule has 0 spiro atoms. The van der Waals surface area contributed by atoms with Crippen LogP contribution in [-0.4, -0.2) is 29.9 Å². The Kier molecular flexibility index (Phi) is 5.97. The SMILES string of the molecule is CCCC(C(=O)NN)N(C)C(C)C(C)(C)C. The molecule has 4 heteroatoms. The summed E-state index contributed by atoms with van der Waals surface area (Å²) < 4.78 is 0. The zero-order valence-corrected chi connectivity index (χ0v) is 11.5. The number of carbonyl (C=O) groups is 1. The Labute approximate surface area is 99.5 Å². The molecule has 1 amide bonds. The smallest absolute Gasteiger partial charge is 0.251 e. The van der Waals surface area contributed by atoms with E-state index in [1.165, 1.54) is 0 Å². The number of hydrogen-bond acceptors (Lipinski definition) is 3. The van der Waals surface area contributed by atoms with Gasteiger partial charge in [-0.1, -0.05) is 34.1 Å². The van der Waals surface area contributed by atoms with E-state index in [0.29, 0.717) is 6.04 Å². The molecule has 96 valence electrons. The third-order valence-electron chi connectivity index (χ3n) is 3.36. The highest BCUT2D eigenvalue weighted by Crippen LogP contribution is 2.25. The number of nitrogens with two attached hydrogens (primary N) is 1. The van der Waals surface area contributed by atoms with Crippen molar-refractivity contribution in [1.29, 1.82) is 0 Å². The van der Waals surface area contributed by atoms with Crippen molar-refractivity contribution in [3.8, 4) is 0 Å². The highest BCUT2D eigenvalue weighted by molar-refractivity contribution is 5.81. The van der Waals surface area contributed by atoms with E-state index in [1.54, 1.807) is 0 Å². The van der Waals surface area contributed by atoms with Gasteiger partial charge in [-0.25, -0.2) is 5.84 Å². The Morgan fingerprint density at radius 2 is 1.94 bits per heavy atom. The van der Waals surface area contributed by atoms with Crippen LogP contribution in [0.1, 0.15) is 47.5 Å². The van der Waals surface area contributed by atoms with E-state index in [2.05, 4.69) is 44.9 Å². The van der Waals surface area contributed by atoms with E-state index >= 15 is 0 Å². The molecule has 0 aliphatic heterocycles. The molecule has 2 unspecified atom stereocenters. The normalized spacial score (nSPS) is 16.0. The first-order valence-electron chi connectivity index (χ1n) is 5.98. The van der Waals surface area contributed by atoms with Gasteiger partial charge in [0.15, 0.2) is 0 Å². The number of amides is 1. The Morgan fingerprint density at radius 1 is 1.44 bits per heavy atom. The Morgan fingerprint density at radius 3 is 2.25 bits per heavy atom. The average Bonchev–Trinajstić information content (AvgIpc) is 2.21. The minimum absolute atomic E-state index is 0.0968. The maximum Gasteiger partial charge on any atom is 0.251 e. The highest BCUT2D eigenvalue weighted by Gasteiger charge is 2.31. The Bertz CT molecular complexity index is 223. The molecular formula is C12H27N3O. The van der Waals surface area contributed by atoms with Crippen molar-refractivity contribution in [1.82, 2.24) is 10.3 Å². The van der Waals surface area contributed by atoms with Gasteiger partial charge in [0.1, 0.15) is 0 Å². The summed E-state index contributed by atoms with van der Waals surface area (Å²) in [5.41, 5.74) is 2.40. The van der Waals surface area contributed by atoms with Gasteiger partial charge in [0.25, 0.3) is 5.91 Å². The van der Waals surface area contributed by atoms with Gasteiger partial charge in [0.05, 0.1) is 6.04 Å². The third kappa shape index (κ3) is 4.10. The van der Waals surface area contributed by atoms with Crippen LogP contribution in [0.4, 0.5) is 0 Å². The predicted octanol–water partition coefficient (Wildman–Crippen LogP) is 1.51. The fourth-order valence-corrected chi connectivity index (χ4v) is 1.77. The van der Waals surface area contributed by atoms with Crippen LogP contribution in [0.25, 0.3) is 0 Å². The number of carbonyl (C=O) groups excluding carboxylic acids is 1. The van der Waals surface area contributed by atoms with Gasteiger partial charge in [-0.3, -0.25) is 15.1 Å². The topological polar surface area (TPSA) is 58.4 Å². The lowest BCUT2D eigenvalue weighted by molar-refractivity contribution is -0.127. The van der Waals surface area contributed by atoms with Crippen LogP contribution in [0, 0.1) is 5.41 Å². The summed E-state index contributed by atoms with van der Waals surface area (Å²) in [7, 11) is 1.99. The highest BCUT2D eigenvalue weighted by atomic mass is 16.2. The molecule has 0 radical (unpaired) electrons. The number of hydrazine groups is 1. The van der Waals surface area contributed by atoms with Crippen molar-refractivity contribution in [2.45, 2.75) is 59.5 Å². The lowest BCUT2D eigenvalue weighted by atomic mass is 9.86. The van der Waals surface area contributed by atoms with Gasteiger partial charge in [-0.15, -0.1) is 0 Å². The van der Waals surface area contributed by atoms with Gasteiger partial charge in [0, 0.05) is 6.04 Å². The monoisotopic (exact) mass is 229 g/mol. The first kappa shape index (κ1) is 15.4. The number of nitrogens with one attached hydrogen (secondary N) is 1. The summed E-state index contributed by atoms with van der Waals surface area (Å²) in [5, 5.41) is 0. The second-order valence-electron chi connectivity index (χ2n) is 5.52. The van der Waals surface area contributed by atoms with Gasteiger partial charge < -0.3 is 0 Å². The molecule has 0 aromatic rings. The standard InChI is InChI=1S/C12H27N3O/c1-7-8-10(11(16)14-13)15(6)9(2)12(3,4)5/h9-10H,7-8,13H2,1-6H3,(H,14,16). The lowest BCUT2D eigenvalue weighted by Gasteiger charge is -2.39. The summed E-state index contributed by atoms with van der Waals surface area (Å²) in [4.78, 5) is 13.8. The van der Waals surface area contributed by atoms with E-state index in [0.717, 1.165) is 12.8 Å². The van der Waals surface area contributed by atoms with E-state index in [9.17, 15) is 4.79 Å². The van der Waals surface area contributed by atoms with E-state index in [1.807, 2.05) is 7.05 Å². The van der Waals surface area contributed by atoms with Crippen molar-refractivity contribution < 1.29 is 4.79 Å². The molecule has 0 saturated heterocycles. The van der Waals surface area contributed by atoms with Gasteiger partial charge >= 0.3 is 0 Å². The first-order chi connectivity index (χ1) is 7.25. The molecule has 0 aliphatic rings. The van der Waals surface area contributed by atoms with Crippen molar-refractivity contribution in [3.63, 3.8) is 0 Å². The van der Waals surface area contributed by atoms with Crippen LogP contribution < -0.4 is 11.3 Å². The fourth-order valence-electron chi connectivity index (χ4n) is 1.77. The van der Waals surface area contributed by atoms with E-state index in [-0.39, 0.29) is 17.4 Å². The second-order valence-corrected chi connectivity index (χ2v) is 5.52. The molecule has 3 N–H and O–H groups in total. The lowest BCUT2D eigenvalue weighted by Crippen LogP contribution is -2.53. The van der Waals surface area contributed by atoms with Gasteiger partial charge in [-0.2, -0.15) is 0 Å². The summed E-state index contributed by atoms with van der Waals surface area (Å²) in [6.45, 7) is 10.8. The van der Waals surface area contributed by atoms with Crippen molar-refractivity contribution in [2.24, 2.45) is 11.3 Å². The number of rotatable bonds is 5. The van der Waals surface area contributed by atoms with Crippen LogP contribution in [0.5, 0.6) is 0 Å². The molecule has 16 heavy (non-hydrogen) atoms. The third-order valence-corrected chi connectivity index (χ3v) is 3.36. The predicted molar refractivity (Wildman–Crippen MR) is 67.7 cm³/mol. The Hall–Kier alpha value is -0.610. The molecular weight excluding hydrogens is 202 g/mol. The van der Waals surface area contributed by atoms with Crippen LogP contribution in [0.3, 0.4) is 0 Å². The zero-order chi connectivity index (χ0) is 12.9. The fraction of sp³-hybridized carbons (Fsp3) is 0.917. The second kappa shape index (κ2) is 6.21. The van der Waals surface area contributed by atoms with Crippen molar-refractivity contribution >= 4 is 5.91 Å². The van der Waals surface area contributed by atoms with Crippen LogP contribution in [-0.2, 0) is 4.79 Å². The molecule has 4 nitrogen and oxygen atoms in total. The first-order valence-corrected chi connectivity index (χ1v) is 5.98. The molecule has 0 heterocycles. The van der Waals surface area contributed by atoms with Crippen LogP contribution >= 0.6 is 0 Å². The molecule has 2 atom stereocenters. The van der Waals surface area contributed by atoms with E-state index in [4.69, 9.17) is 5.84 Å². The van der Waals surface area contributed by atoms with Gasteiger partial charge in [0.2, 0.25) is 0 Å². The Balaban J connectivity index is 4.73. The largest absolute Gasteiger partial charge is 0.293 e. The molecule has 0 aliphatic carbocycles. The van der Waals surface area contributed by atoms with Crippen LogP contribution in [0.2, 0.25) is 0 Å². The van der Waals surface area contributed by atoms with E-state index < -0.39 is 0 Å². The zero-order valence-electron chi connectivity index (χ0n) is 11.5. The molecule has 0 bridgehead atoms. The van der Waals surface area contributed by atoms with Crippen molar-refractivity contribution in [2.75, 3.05) is 7.05 Å². The van der Waals surface area contributed by atoms with Crippen molar-refractivity contribution in [3.05, 3.63) is 0 Å². The van der Waals surface area contributed by atoms with Gasteiger partial charge in [-0.05, 0) is 25.8 Å². The molecule has 0 aromatic heterocycles. The quantitative estimate of drug-likeness (QED) is 0.427. The summed E-state index contributed by atoms with van der Waals surface area (Å²) in [6.07, 6.45) is 1.80. The minimum atomic E-state index is -0.135. The molecule has 0 aromatic carbocycles. The number of likely N-dealkylation sites (N-methyl/N-ethyl adjacent to an activating group) is 1. The van der Waals surface area contributed by atoms with Crippen LogP contribution in [0.15, 0.2) is 0 Å².